The number of ether oxygens (including phenoxy) is 2. The first-order chi connectivity index (χ1) is 19.2. The molecule has 0 unspecified atom stereocenters. The van der Waals surface area contributed by atoms with E-state index in [4.69, 9.17) is 21.1 Å². The van der Waals surface area contributed by atoms with Gasteiger partial charge in [-0.1, -0.05) is 25.4 Å². The van der Waals surface area contributed by atoms with Gasteiger partial charge in [0.15, 0.2) is 21.5 Å². The van der Waals surface area contributed by atoms with E-state index in [1.165, 1.54) is 40.2 Å². The Morgan fingerprint density at radius 2 is 1.78 bits per heavy atom. The average Bonchev–Trinajstić information content (AvgIpc) is 2.88. The molecule has 0 aliphatic rings. The quantitative estimate of drug-likeness (QED) is 0.295. The average molecular weight is 584 g/mol. The van der Waals surface area contributed by atoms with Gasteiger partial charge in [0, 0.05) is 42.7 Å². The summed E-state index contributed by atoms with van der Waals surface area (Å²) >= 11 is 6.44. The van der Waals surface area contributed by atoms with Crippen molar-refractivity contribution in [2.45, 2.75) is 38.5 Å². The summed E-state index contributed by atoms with van der Waals surface area (Å²) in [6.45, 7) is 7.32. The molecule has 0 aliphatic carbocycles. The van der Waals surface area contributed by atoms with Gasteiger partial charge in [-0.25, -0.2) is 23.1 Å². The Morgan fingerprint density at radius 3 is 2.44 bits per heavy atom. The number of rotatable bonds is 8. The second-order valence-corrected chi connectivity index (χ2v) is 11.1. The highest BCUT2D eigenvalue weighted by atomic mass is 35.5. The van der Waals surface area contributed by atoms with E-state index in [1.54, 1.807) is 21.0 Å². The maximum absolute atomic E-state index is 16.2. The Kier molecular flexibility index (Phi) is 8.33. The molecule has 0 atom stereocenters. The minimum Gasteiger partial charge on any atom is -0.498 e. The zero-order valence-corrected chi connectivity index (χ0v) is 24.4. The molecule has 8 nitrogen and oxygen atoms in total. The number of nitrogens with zero attached hydrogens (tertiary/aromatic N) is 5. The van der Waals surface area contributed by atoms with Gasteiger partial charge in [0.2, 0.25) is 0 Å². The van der Waals surface area contributed by atoms with Crippen molar-refractivity contribution in [2.24, 2.45) is 0 Å². The normalized spacial score (nSPS) is 12.0. The van der Waals surface area contributed by atoms with E-state index in [0.29, 0.717) is 24.1 Å². The van der Waals surface area contributed by atoms with Gasteiger partial charge in [-0.3, -0.25) is 19.3 Å². The van der Waals surface area contributed by atoms with Crippen LogP contribution in [0.1, 0.15) is 36.6 Å². The van der Waals surface area contributed by atoms with Crippen LogP contribution in [0.15, 0.2) is 41.6 Å². The molecule has 0 N–H and O–H groups in total. The summed E-state index contributed by atoms with van der Waals surface area (Å²) in [4.78, 5) is 30.5. The lowest BCUT2D eigenvalue weighted by atomic mass is 9.62. The van der Waals surface area contributed by atoms with Crippen molar-refractivity contribution >= 4 is 27.3 Å². The lowest BCUT2D eigenvalue weighted by Crippen LogP contribution is -2.37. The highest BCUT2D eigenvalue weighted by Gasteiger charge is 2.31. The molecule has 0 radical (unpaired) electrons. The third kappa shape index (κ3) is 5.87. The molecule has 0 fully saturated rings. The molecule has 0 saturated carbocycles. The summed E-state index contributed by atoms with van der Waals surface area (Å²) < 4.78 is 56.3. The van der Waals surface area contributed by atoms with Crippen LogP contribution >= 0.6 is 11.6 Å². The zero-order chi connectivity index (χ0) is 30.3. The molecule has 41 heavy (non-hydrogen) atoms. The predicted octanol–water partition coefficient (Wildman–Crippen LogP) is 3.15. The van der Waals surface area contributed by atoms with E-state index < -0.39 is 33.8 Å². The third-order valence-electron chi connectivity index (χ3n) is 6.45. The fourth-order valence-electron chi connectivity index (χ4n) is 4.47. The minimum atomic E-state index is -1.43. The van der Waals surface area contributed by atoms with E-state index in [-0.39, 0.29) is 39.2 Å². The highest BCUT2D eigenvalue weighted by Crippen LogP contribution is 2.32. The molecule has 4 rings (SSSR count). The van der Waals surface area contributed by atoms with Crippen LogP contribution in [0.4, 0.5) is 13.2 Å². The number of aryl methyl sites for hydroxylation is 2. The van der Waals surface area contributed by atoms with Gasteiger partial charge in [0.05, 0.1) is 29.6 Å². The van der Waals surface area contributed by atoms with Crippen molar-refractivity contribution in [2.75, 3.05) is 13.7 Å². The minimum absolute atomic E-state index is 0.0623. The standard InChI is InChI=1S/C27H27B2ClF3N5O3/c1-13-10-35-21(17-6-7-34-25(37-17)26(3,4)12-40-5)20(33)22(13)38-14(2)8-18(19(30)24(38)39)41-27(28,29)23-16(32)9-15(31)11-36-23/h6-11H,12,28-29H2,1-5H3. The molecule has 0 saturated heterocycles. The second-order valence-electron chi connectivity index (χ2n) is 10.7. The molecule has 4 aromatic heterocycles. The monoisotopic (exact) mass is 583 g/mol. The Labute approximate surface area is 241 Å². The fourth-order valence-corrected chi connectivity index (χ4v) is 4.65. The largest absolute Gasteiger partial charge is 0.498 e. The fraction of sp³-hybridized carbons (Fsp3) is 0.296. The van der Waals surface area contributed by atoms with E-state index in [0.717, 1.165) is 10.8 Å². The Bertz CT molecular complexity index is 1700. The first-order valence-electron chi connectivity index (χ1n) is 12.6. The molecule has 212 valence electrons. The van der Waals surface area contributed by atoms with Gasteiger partial charge in [-0.05, 0) is 25.5 Å². The van der Waals surface area contributed by atoms with Gasteiger partial charge in [-0.2, -0.15) is 0 Å². The molecular formula is C27H27B2ClF3N5O3. The van der Waals surface area contributed by atoms with E-state index in [2.05, 4.69) is 19.9 Å². The summed E-state index contributed by atoms with van der Waals surface area (Å²) in [6, 6.07) is 3.65. The molecule has 0 amide bonds. The van der Waals surface area contributed by atoms with Crippen LogP contribution in [0.3, 0.4) is 0 Å². The van der Waals surface area contributed by atoms with E-state index in [9.17, 15) is 13.6 Å². The van der Waals surface area contributed by atoms with Crippen molar-refractivity contribution < 1.29 is 22.6 Å². The maximum Gasteiger partial charge on any atom is 0.278 e. The molecular weight excluding hydrogens is 556 g/mol. The van der Waals surface area contributed by atoms with Crippen LogP contribution in [-0.2, 0) is 15.6 Å². The predicted molar refractivity (Wildman–Crippen MR) is 154 cm³/mol. The Morgan fingerprint density at radius 1 is 1.07 bits per heavy atom. The van der Waals surface area contributed by atoms with Crippen LogP contribution in [-0.4, -0.2) is 53.9 Å². The van der Waals surface area contributed by atoms with Gasteiger partial charge in [0.25, 0.3) is 5.56 Å². The molecule has 4 heterocycles. The molecule has 0 bridgehead atoms. The van der Waals surface area contributed by atoms with Crippen LogP contribution in [0.2, 0.25) is 5.02 Å². The number of aromatic nitrogens is 5. The first kappa shape index (κ1) is 30.3. The van der Waals surface area contributed by atoms with Crippen LogP contribution < -0.4 is 10.3 Å². The van der Waals surface area contributed by atoms with Gasteiger partial charge in [-0.15, -0.1) is 0 Å². The molecule has 0 aliphatic heterocycles. The van der Waals surface area contributed by atoms with Gasteiger partial charge < -0.3 is 9.47 Å². The zero-order valence-electron chi connectivity index (χ0n) is 23.6. The van der Waals surface area contributed by atoms with Gasteiger partial charge >= 0.3 is 0 Å². The van der Waals surface area contributed by atoms with Crippen LogP contribution in [0.5, 0.6) is 5.75 Å². The number of pyridine rings is 3. The van der Waals surface area contributed by atoms with Crippen molar-refractivity contribution in [3.63, 3.8) is 0 Å². The van der Waals surface area contributed by atoms with Crippen molar-refractivity contribution in [1.29, 1.82) is 0 Å². The summed E-state index contributed by atoms with van der Waals surface area (Å²) in [6.07, 6.45) is 3.81. The van der Waals surface area contributed by atoms with E-state index in [1.807, 2.05) is 13.8 Å². The maximum atomic E-state index is 16.2. The molecule has 4 aromatic rings. The highest BCUT2D eigenvalue weighted by molar-refractivity contribution is 6.39. The van der Waals surface area contributed by atoms with Crippen LogP contribution in [0, 0.1) is 31.3 Å². The van der Waals surface area contributed by atoms with Crippen LogP contribution in [0.25, 0.3) is 17.1 Å². The lowest BCUT2D eigenvalue weighted by molar-refractivity contribution is 0.142. The Balaban J connectivity index is 1.81. The summed E-state index contributed by atoms with van der Waals surface area (Å²) in [7, 11) is 4.56. The topological polar surface area (TPSA) is 92.0 Å². The Hall–Kier alpha value is -3.70. The number of hydrogen-bond acceptors (Lipinski definition) is 7. The smallest absolute Gasteiger partial charge is 0.278 e. The number of halogens is 4. The van der Waals surface area contributed by atoms with Crippen molar-refractivity contribution in [1.82, 2.24) is 24.5 Å². The summed E-state index contributed by atoms with van der Waals surface area (Å²) in [5.41, 5.74) is -0.771. The lowest BCUT2D eigenvalue weighted by Gasteiger charge is -2.28. The first-order valence-corrected chi connectivity index (χ1v) is 13.0. The second kappa shape index (κ2) is 11.3. The summed E-state index contributed by atoms with van der Waals surface area (Å²) in [5, 5.41) is -1.80. The van der Waals surface area contributed by atoms with Gasteiger partial charge in [0.1, 0.15) is 39.6 Å². The molecule has 0 aromatic carbocycles. The third-order valence-corrected chi connectivity index (χ3v) is 6.80. The number of methoxy groups -OCH3 is 1. The van der Waals surface area contributed by atoms with E-state index >= 15 is 4.39 Å². The number of hydrogen-bond donors (Lipinski definition) is 0. The molecule has 0 spiro atoms. The van der Waals surface area contributed by atoms with Crippen molar-refractivity contribution in [3.8, 4) is 22.8 Å². The molecule has 14 heteroatoms. The van der Waals surface area contributed by atoms with Crippen molar-refractivity contribution in [3.05, 3.63) is 92.4 Å². The SMILES string of the molecule is BC(B)(Oc1cc(C)n(-c2c(C)cnc(-c3ccnc(C(C)(C)COC)n3)c2F)c(=O)c1Cl)c1ncc(F)cc1F. The summed E-state index contributed by atoms with van der Waals surface area (Å²) in [5.74, 6) is -2.19.